The standard InChI is InChI=1S/C31H34N4O4/c1-34(31(39)35-16-14-32-15-17-35)28(19-21-10-11-22-6-2-3-8-24(22)18-21)29(36)33-27(30(37)38)20-25-13-12-23-7-4-5-9-26(23)25/h2-11,13,18,27-28,32H,12,14-17,19-20H2,1H3,(H,33,36)(H,37,38). The van der Waals surface area contributed by atoms with Gasteiger partial charge in [-0.3, -0.25) is 4.79 Å². The number of urea groups is 1. The van der Waals surface area contributed by atoms with E-state index in [0.717, 1.165) is 39.5 Å². The van der Waals surface area contributed by atoms with Crippen molar-refractivity contribution in [1.29, 1.82) is 0 Å². The van der Waals surface area contributed by atoms with Gasteiger partial charge in [0, 0.05) is 46.1 Å². The van der Waals surface area contributed by atoms with Gasteiger partial charge in [0.25, 0.3) is 0 Å². The summed E-state index contributed by atoms with van der Waals surface area (Å²) in [6, 6.07) is 19.6. The Morgan fingerprint density at radius 1 is 0.974 bits per heavy atom. The summed E-state index contributed by atoms with van der Waals surface area (Å²) >= 11 is 0. The Kier molecular flexibility index (Phi) is 7.93. The molecule has 1 heterocycles. The summed E-state index contributed by atoms with van der Waals surface area (Å²) in [4.78, 5) is 42.6. The molecule has 0 saturated carbocycles. The van der Waals surface area contributed by atoms with E-state index in [1.54, 1.807) is 11.9 Å². The monoisotopic (exact) mass is 526 g/mol. The van der Waals surface area contributed by atoms with E-state index < -0.39 is 24.0 Å². The summed E-state index contributed by atoms with van der Waals surface area (Å²) in [5, 5.41) is 18.2. The number of likely N-dealkylation sites (N-methyl/N-ethyl adjacent to an activating group) is 1. The molecule has 39 heavy (non-hydrogen) atoms. The molecule has 5 rings (SSSR count). The summed E-state index contributed by atoms with van der Waals surface area (Å²) < 4.78 is 0. The molecule has 0 spiro atoms. The second kappa shape index (κ2) is 11.7. The molecule has 0 radical (unpaired) electrons. The maximum Gasteiger partial charge on any atom is 0.326 e. The number of piperazine rings is 1. The Labute approximate surface area is 228 Å². The Hall–Kier alpha value is -4.17. The van der Waals surface area contributed by atoms with Crippen LogP contribution in [0.3, 0.4) is 0 Å². The smallest absolute Gasteiger partial charge is 0.326 e. The summed E-state index contributed by atoms with van der Waals surface area (Å²) in [5.74, 6) is -1.58. The van der Waals surface area contributed by atoms with Gasteiger partial charge < -0.3 is 25.5 Å². The van der Waals surface area contributed by atoms with Gasteiger partial charge in [-0.1, -0.05) is 72.8 Å². The maximum absolute atomic E-state index is 13.8. The van der Waals surface area contributed by atoms with Gasteiger partial charge in [-0.2, -0.15) is 0 Å². The predicted molar refractivity (Wildman–Crippen MR) is 151 cm³/mol. The van der Waals surface area contributed by atoms with E-state index in [1.165, 1.54) is 4.90 Å². The van der Waals surface area contributed by atoms with Crippen LogP contribution >= 0.6 is 0 Å². The van der Waals surface area contributed by atoms with Gasteiger partial charge in [0.1, 0.15) is 12.1 Å². The molecule has 1 aliphatic heterocycles. The number of fused-ring (bicyclic) bond motifs is 2. The number of allylic oxidation sites excluding steroid dienone is 1. The first-order valence-electron chi connectivity index (χ1n) is 13.4. The number of aliphatic carboxylic acids is 1. The molecule has 3 aromatic carbocycles. The highest BCUT2D eigenvalue weighted by molar-refractivity contribution is 5.92. The van der Waals surface area contributed by atoms with E-state index in [2.05, 4.69) is 10.6 Å². The van der Waals surface area contributed by atoms with Crippen molar-refractivity contribution in [3.05, 3.63) is 89.5 Å². The number of carboxylic acid groups (broad SMARTS) is 1. The number of nitrogens with one attached hydrogen (secondary N) is 2. The largest absolute Gasteiger partial charge is 0.480 e. The van der Waals surface area contributed by atoms with Crippen LogP contribution in [-0.2, 0) is 22.4 Å². The van der Waals surface area contributed by atoms with E-state index in [0.29, 0.717) is 26.2 Å². The molecule has 3 N–H and O–H groups in total. The topological polar surface area (TPSA) is 102 Å². The number of amides is 3. The normalized spacial score (nSPS) is 16.2. The minimum Gasteiger partial charge on any atom is -0.480 e. The number of benzene rings is 3. The lowest BCUT2D eigenvalue weighted by atomic mass is 9.98. The molecule has 2 atom stereocenters. The van der Waals surface area contributed by atoms with Crippen molar-refractivity contribution in [2.24, 2.45) is 0 Å². The SMILES string of the molecule is CN(C(=O)N1CCNCC1)C(Cc1ccc2ccccc2c1)C(=O)NC(CC1=CCc2ccccc21)C(=O)O. The first-order chi connectivity index (χ1) is 18.9. The quantitative estimate of drug-likeness (QED) is 0.418. The zero-order valence-corrected chi connectivity index (χ0v) is 22.1. The van der Waals surface area contributed by atoms with Crippen LogP contribution in [0.2, 0.25) is 0 Å². The van der Waals surface area contributed by atoms with Crippen molar-refractivity contribution in [3.8, 4) is 0 Å². The van der Waals surface area contributed by atoms with Crippen molar-refractivity contribution in [2.45, 2.75) is 31.3 Å². The average Bonchev–Trinajstić information content (AvgIpc) is 3.37. The van der Waals surface area contributed by atoms with E-state index in [4.69, 9.17) is 0 Å². The lowest BCUT2D eigenvalue weighted by molar-refractivity contribution is -0.142. The molecule has 8 heteroatoms. The van der Waals surface area contributed by atoms with Crippen LogP contribution < -0.4 is 10.6 Å². The number of carbonyl (C=O) groups is 3. The van der Waals surface area contributed by atoms with E-state index in [9.17, 15) is 19.5 Å². The highest BCUT2D eigenvalue weighted by atomic mass is 16.4. The summed E-state index contributed by atoms with van der Waals surface area (Å²) in [7, 11) is 1.63. The number of nitrogens with zero attached hydrogens (tertiary/aromatic N) is 2. The van der Waals surface area contributed by atoms with Crippen LogP contribution in [0.25, 0.3) is 16.3 Å². The molecule has 1 fully saturated rings. The van der Waals surface area contributed by atoms with Crippen molar-refractivity contribution in [2.75, 3.05) is 33.2 Å². The van der Waals surface area contributed by atoms with Crippen LogP contribution in [0.15, 0.2) is 72.8 Å². The first-order valence-corrected chi connectivity index (χ1v) is 13.4. The van der Waals surface area contributed by atoms with Gasteiger partial charge in [0.15, 0.2) is 0 Å². The Bertz CT molecular complexity index is 1410. The first kappa shape index (κ1) is 26.4. The number of carbonyl (C=O) groups excluding carboxylic acids is 2. The van der Waals surface area contributed by atoms with E-state index in [1.807, 2.05) is 72.8 Å². The van der Waals surface area contributed by atoms with Crippen LogP contribution in [0.4, 0.5) is 4.79 Å². The minimum absolute atomic E-state index is 0.177. The molecule has 2 aliphatic rings. The second-order valence-electron chi connectivity index (χ2n) is 10.2. The molecule has 0 bridgehead atoms. The van der Waals surface area contributed by atoms with Crippen molar-refractivity contribution in [3.63, 3.8) is 0 Å². The highest BCUT2D eigenvalue weighted by Gasteiger charge is 2.33. The fraction of sp³-hybridized carbons (Fsp3) is 0.323. The molecule has 2 unspecified atom stereocenters. The lowest BCUT2D eigenvalue weighted by Crippen LogP contribution is -2.57. The van der Waals surface area contributed by atoms with Gasteiger partial charge >= 0.3 is 12.0 Å². The fourth-order valence-electron chi connectivity index (χ4n) is 5.44. The van der Waals surface area contributed by atoms with Gasteiger partial charge in [-0.25, -0.2) is 9.59 Å². The van der Waals surface area contributed by atoms with Gasteiger partial charge in [0.05, 0.1) is 0 Å². The minimum atomic E-state index is -1.11. The summed E-state index contributed by atoms with van der Waals surface area (Å²) in [5.41, 5.74) is 3.98. The molecular formula is C31H34N4O4. The van der Waals surface area contributed by atoms with Crippen LogP contribution in [0, 0.1) is 0 Å². The van der Waals surface area contributed by atoms with Crippen molar-refractivity contribution in [1.82, 2.24) is 20.4 Å². The van der Waals surface area contributed by atoms with Gasteiger partial charge in [0.2, 0.25) is 5.91 Å². The van der Waals surface area contributed by atoms with Crippen LogP contribution in [-0.4, -0.2) is 78.1 Å². The molecule has 202 valence electrons. The molecule has 1 saturated heterocycles. The fourth-order valence-corrected chi connectivity index (χ4v) is 5.44. The Balaban J connectivity index is 1.38. The van der Waals surface area contributed by atoms with Crippen molar-refractivity contribution < 1.29 is 19.5 Å². The molecule has 3 amide bonds. The third kappa shape index (κ3) is 5.96. The summed E-state index contributed by atoms with van der Waals surface area (Å²) in [6.45, 7) is 2.50. The number of rotatable bonds is 8. The highest BCUT2D eigenvalue weighted by Crippen LogP contribution is 2.30. The molecule has 3 aromatic rings. The number of hydrogen-bond donors (Lipinski definition) is 3. The van der Waals surface area contributed by atoms with E-state index >= 15 is 0 Å². The van der Waals surface area contributed by atoms with Crippen LogP contribution in [0.5, 0.6) is 0 Å². The molecule has 1 aliphatic carbocycles. The third-order valence-corrected chi connectivity index (χ3v) is 7.67. The second-order valence-corrected chi connectivity index (χ2v) is 10.2. The zero-order chi connectivity index (χ0) is 27.4. The lowest BCUT2D eigenvalue weighted by Gasteiger charge is -2.35. The van der Waals surface area contributed by atoms with Crippen molar-refractivity contribution >= 4 is 34.3 Å². The average molecular weight is 527 g/mol. The molecule has 0 aromatic heterocycles. The number of carboxylic acids is 1. The summed E-state index contributed by atoms with van der Waals surface area (Å²) in [6.07, 6.45) is 3.22. The Morgan fingerprint density at radius 3 is 2.46 bits per heavy atom. The number of hydrogen-bond acceptors (Lipinski definition) is 4. The molecule has 8 nitrogen and oxygen atoms in total. The predicted octanol–water partition coefficient (Wildman–Crippen LogP) is 3.31. The van der Waals surface area contributed by atoms with Gasteiger partial charge in [-0.15, -0.1) is 0 Å². The van der Waals surface area contributed by atoms with E-state index in [-0.39, 0.29) is 18.9 Å². The molecular weight excluding hydrogens is 492 g/mol. The Morgan fingerprint density at radius 2 is 1.69 bits per heavy atom. The zero-order valence-electron chi connectivity index (χ0n) is 22.1. The van der Waals surface area contributed by atoms with Gasteiger partial charge in [-0.05, 0) is 39.5 Å². The van der Waals surface area contributed by atoms with Crippen LogP contribution in [0.1, 0.15) is 23.1 Å². The maximum atomic E-state index is 13.8. The third-order valence-electron chi connectivity index (χ3n) is 7.67.